The van der Waals surface area contributed by atoms with Gasteiger partial charge in [-0.3, -0.25) is 9.78 Å². The highest BCUT2D eigenvalue weighted by Crippen LogP contribution is 2.30. The maximum atomic E-state index is 13.3. The van der Waals surface area contributed by atoms with Crippen LogP contribution in [0.15, 0.2) is 77.8 Å². The van der Waals surface area contributed by atoms with Crippen molar-refractivity contribution in [2.45, 2.75) is 33.1 Å². The number of nitrogens with zero attached hydrogens (tertiary/aromatic N) is 5. The highest BCUT2D eigenvalue weighted by Gasteiger charge is 2.22. The molecule has 5 aromatic rings. The first kappa shape index (κ1) is 27.3. The average molecular weight is 560 g/mol. The lowest BCUT2D eigenvalue weighted by atomic mass is 9.94. The molecule has 2 N–H and O–H groups in total. The van der Waals surface area contributed by atoms with E-state index in [1.807, 2.05) is 63.2 Å². The molecule has 1 amide bonds. The third-order valence-corrected chi connectivity index (χ3v) is 7.67. The summed E-state index contributed by atoms with van der Waals surface area (Å²) >= 11 is 0. The first-order valence-corrected chi connectivity index (χ1v) is 14.0. The average Bonchev–Trinajstić information content (AvgIpc) is 3.62. The molecule has 9 nitrogen and oxygen atoms in total. The predicted molar refractivity (Wildman–Crippen MR) is 164 cm³/mol. The van der Waals surface area contributed by atoms with Crippen molar-refractivity contribution in [2.75, 3.05) is 30.8 Å². The van der Waals surface area contributed by atoms with Gasteiger partial charge in [-0.25, -0.2) is 9.97 Å². The SMILES string of the molecule is Cc1cc(C(=O)Nc2ccc(C)c(Nc3nccc(-c4cncc(-c5oncc5C)c4)n3)c2)cc(C2CCN(C)C2)c1. The van der Waals surface area contributed by atoms with Gasteiger partial charge in [0.05, 0.1) is 11.9 Å². The molecule has 4 heterocycles. The zero-order valence-electron chi connectivity index (χ0n) is 24.2. The minimum atomic E-state index is -0.131. The van der Waals surface area contributed by atoms with Gasteiger partial charge < -0.3 is 20.1 Å². The Morgan fingerprint density at radius 2 is 1.83 bits per heavy atom. The summed E-state index contributed by atoms with van der Waals surface area (Å²) < 4.78 is 5.40. The number of anilines is 3. The second kappa shape index (κ2) is 11.5. The number of amides is 1. The number of carbonyl (C=O) groups is 1. The van der Waals surface area contributed by atoms with Gasteiger partial charge in [-0.2, -0.15) is 0 Å². The van der Waals surface area contributed by atoms with Gasteiger partial charge in [0.2, 0.25) is 5.95 Å². The van der Waals surface area contributed by atoms with Gasteiger partial charge in [0.15, 0.2) is 5.76 Å². The molecule has 0 spiro atoms. The van der Waals surface area contributed by atoms with Crippen molar-refractivity contribution in [3.05, 3.63) is 101 Å². The van der Waals surface area contributed by atoms with Gasteiger partial charge in [-0.15, -0.1) is 0 Å². The van der Waals surface area contributed by atoms with E-state index in [0.717, 1.165) is 53.0 Å². The summed E-state index contributed by atoms with van der Waals surface area (Å²) in [4.78, 5) is 29.2. The standard InChI is InChI=1S/C33H33N7O2/c1-20-11-24(23-8-10-40(4)19-23)13-25(12-20)32(41)37-28-6-5-21(2)30(15-28)39-33-35-9-7-29(38-33)26-14-27(18-34-17-26)31-22(3)16-36-42-31/h5-7,9,11-18,23H,8,10,19H2,1-4H3,(H,37,41)(H,35,38,39). The summed E-state index contributed by atoms with van der Waals surface area (Å²) in [6.07, 6.45) is 7.99. The molecular weight excluding hydrogens is 526 g/mol. The van der Waals surface area contributed by atoms with Gasteiger partial charge in [-0.05, 0) is 94.2 Å². The highest BCUT2D eigenvalue weighted by molar-refractivity contribution is 6.04. The normalized spacial score (nSPS) is 15.1. The lowest BCUT2D eigenvalue weighted by Crippen LogP contribution is -2.15. The van der Waals surface area contributed by atoms with E-state index in [1.165, 1.54) is 5.56 Å². The Kier molecular flexibility index (Phi) is 7.50. The topological polar surface area (TPSA) is 109 Å². The number of nitrogens with one attached hydrogen (secondary N) is 2. The maximum absolute atomic E-state index is 13.3. The van der Waals surface area contributed by atoms with Crippen LogP contribution in [-0.4, -0.2) is 51.1 Å². The Balaban J connectivity index is 1.20. The van der Waals surface area contributed by atoms with Crippen molar-refractivity contribution in [3.8, 4) is 22.6 Å². The van der Waals surface area contributed by atoms with Crippen LogP contribution in [0.2, 0.25) is 0 Å². The lowest BCUT2D eigenvalue weighted by Gasteiger charge is -2.15. The molecule has 212 valence electrons. The van der Waals surface area contributed by atoms with Gasteiger partial charge in [-0.1, -0.05) is 22.9 Å². The smallest absolute Gasteiger partial charge is 0.255 e. The summed E-state index contributed by atoms with van der Waals surface area (Å²) in [6.45, 7) is 8.08. The molecule has 1 aliphatic rings. The van der Waals surface area contributed by atoms with Crippen LogP contribution in [0.3, 0.4) is 0 Å². The maximum Gasteiger partial charge on any atom is 0.255 e. The molecule has 6 rings (SSSR count). The Morgan fingerprint density at radius 3 is 2.62 bits per heavy atom. The molecule has 42 heavy (non-hydrogen) atoms. The van der Waals surface area contributed by atoms with E-state index in [4.69, 9.17) is 9.51 Å². The van der Waals surface area contributed by atoms with Gasteiger partial charge in [0.1, 0.15) is 0 Å². The fraction of sp³-hybridized carbons (Fsp3) is 0.242. The fourth-order valence-electron chi connectivity index (χ4n) is 5.40. The summed E-state index contributed by atoms with van der Waals surface area (Å²) in [5, 5.41) is 10.3. The number of rotatable bonds is 7. The van der Waals surface area contributed by atoms with Crippen molar-refractivity contribution < 1.29 is 9.32 Å². The molecule has 9 heteroatoms. The predicted octanol–water partition coefficient (Wildman–Crippen LogP) is 6.53. The van der Waals surface area contributed by atoms with Crippen molar-refractivity contribution >= 4 is 23.2 Å². The second-order valence-electron chi connectivity index (χ2n) is 11.1. The van der Waals surface area contributed by atoms with Crippen LogP contribution in [0.5, 0.6) is 0 Å². The molecule has 1 unspecified atom stereocenters. The summed E-state index contributed by atoms with van der Waals surface area (Å²) in [5.41, 5.74) is 8.77. The number of likely N-dealkylation sites (N-methyl/N-ethyl adjacent to an activating group) is 1. The Morgan fingerprint density at radius 1 is 0.976 bits per heavy atom. The van der Waals surface area contributed by atoms with E-state index in [9.17, 15) is 4.79 Å². The molecule has 3 aromatic heterocycles. The second-order valence-corrected chi connectivity index (χ2v) is 11.1. The Hall–Kier alpha value is -4.89. The number of hydrogen-bond donors (Lipinski definition) is 2. The summed E-state index contributed by atoms with van der Waals surface area (Å²) in [7, 11) is 2.14. The molecule has 2 aromatic carbocycles. The van der Waals surface area contributed by atoms with Crippen molar-refractivity contribution in [1.29, 1.82) is 0 Å². The number of benzene rings is 2. The van der Waals surface area contributed by atoms with E-state index < -0.39 is 0 Å². The van der Waals surface area contributed by atoms with Gasteiger partial charge in [0.25, 0.3) is 5.91 Å². The number of carbonyl (C=O) groups excluding carboxylic acids is 1. The number of aryl methyl sites for hydroxylation is 3. The zero-order valence-corrected chi connectivity index (χ0v) is 24.2. The molecule has 0 aliphatic carbocycles. The van der Waals surface area contributed by atoms with Crippen molar-refractivity contribution in [3.63, 3.8) is 0 Å². The van der Waals surface area contributed by atoms with Crippen LogP contribution < -0.4 is 10.6 Å². The minimum Gasteiger partial charge on any atom is -0.356 e. The number of pyridine rings is 1. The molecule has 0 radical (unpaired) electrons. The van der Waals surface area contributed by atoms with Gasteiger partial charge >= 0.3 is 0 Å². The van der Waals surface area contributed by atoms with Crippen molar-refractivity contribution in [1.82, 2.24) is 25.0 Å². The lowest BCUT2D eigenvalue weighted by molar-refractivity contribution is 0.102. The van der Waals surface area contributed by atoms with E-state index >= 15 is 0 Å². The van der Waals surface area contributed by atoms with E-state index in [0.29, 0.717) is 34.6 Å². The van der Waals surface area contributed by atoms with Crippen LogP contribution in [0.1, 0.15) is 45.0 Å². The highest BCUT2D eigenvalue weighted by atomic mass is 16.5. The van der Waals surface area contributed by atoms with Crippen LogP contribution in [-0.2, 0) is 0 Å². The largest absolute Gasteiger partial charge is 0.356 e. The van der Waals surface area contributed by atoms with Crippen LogP contribution in [0.4, 0.5) is 17.3 Å². The third kappa shape index (κ3) is 5.91. The minimum absolute atomic E-state index is 0.131. The number of likely N-dealkylation sites (tertiary alicyclic amines) is 1. The third-order valence-electron chi connectivity index (χ3n) is 7.67. The first-order valence-electron chi connectivity index (χ1n) is 14.0. The monoisotopic (exact) mass is 559 g/mol. The van der Waals surface area contributed by atoms with E-state index in [2.05, 4.69) is 43.8 Å². The molecule has 1 fully saturated rings. The fourth-order valence-corrected chi connectivity index (χ4v) is 5.40. The van der Waals surface area contributed by atoms with E-state index in [-0.39, 0.29) is 5.91 Å². The number of hydrogen-bond acceptors (Lipinski definition) is 8. The van der Waals surface area contributed by atoms with Crippen LogP contribution in [0, 0.1) is 20.8 Å². The molecule has 1 saturated heterocycles. The van der Waals surface area contributed by atoms with Gasteiger partial charge in [0, 0.05) is 58.8 Å². The molecule has 1 aliphatic heterocycles. The Bertz CT molecular complexity index is 1760. The molecule has 1 atom stereocenters. The van der Waals surface area contributed by atoms with Crippen molar-refractivity contribution in [2.24, 2.45) is 0 Å². The first-order chi connectivity index (χ1) is 20.3. The number of aromatic nitrogens is 4. The van der Waals surface area contributed by atoms with Crippen LogP contribution in [0.25, 0.3) is 22.6 Å². The Labute approximate surface area is 245 Å². The zero-order chi connectivity index (χ0) is 29.2. The van der Waals surface area contributed by atoms with Crippen LogP contribution >= 0.6 is 0 Å². The molecule has 0 saturated carbocycles. The summed E-state index contributed by atoms with van der Waals surface area (Å²) in [6, 6.07) is 15.7. The summed E-state index contributed by atoms with van der Waals surface area (Å²) in [5.74, 6) is 1.44. The molecular formula is C33H33N7O2. The molecule has 0 bridgehead atoms. The quantitative estimate of drug-likeness (QED) is 0.232. The van der Waals surface area contributed by atoms with E-state index in [1.54, 1.807) is 24.8 Å².